The van der Waals surface area contributed by atoms with E-state index in [9.17, 15) is 0 Å². The Balaban J connectivity index is 2.26. The van der Waals surface area contributed by atoms with Gasteiger partial charge < -0.3 is 0 Å². The number of hydrogen-bond acceptors (Lipinski definition) is 0. The van der Waals surface area contributed by atoms with Gasteiger partial charge in [0.25, 0.3) is 0 Å². The molecular weight excluding hydrogens is 144 g/mol. The maximum Gasteiger partial charge on any atom is 0.0336 e. The first-order valence-corrected chi connectivity index (χ1v) is 4.78. The van der Waals surface area contributed by atoms with Gasteiger partial charge in [0.2, 0.25) is 0 Å². The largest absolute Gasteiger partial charge is 0.123 e. The second-order valence-corrected chi connectivity index (χ2v) is 4.39. The molecule has 1 heteroatoms. The van der Waals surface area contributed by atoms with Crippen LogP contribution in [0.1, 0.15) is 39.5 Å². The molecule has 0 saturated heterocycles. The zero-order valence-electron chi connectivity index (χ0n) is 6.94. The maximum atomic E-state index is 6.00. The Bertz CT molecular complexity index is 90.9. The fraction of sp³-hybridized carbons (Fsp3) is 1.00. The van der Waals surface area contributed by atoms with Crippen LogP contribution in [0.15, 0.2) is 0 Å². The molecule has 0 heterocycles. The van der Waals surface area contributed by atoms with Crippen molar-refractivity contribution in [1.82, 2.24) is 0 Å². The van der Waals surface area contributed by atoms with E-state index in [1.165, 1.54) is 25.7 Å². The van der Waals surface area contributed by atoms with Gasteiger partial charge in [0.05, 0.1) is 0 Å². The summed E-state index contributed by atoms with van der Waals surface area (Å²) < 4.78 is 0. The molecule has 0 radical (unpaired) electrons. The minimum atomic E-state index is 0.396. The second kappa shape index (κ2) is 3.61. The lowest BCUT2D eigenvalue weighted by molar-refractivity contribution is 0.287. The lowest BCUT2D eigenvalue weighted by Gasteiger charge is -2.27. The van der Waals surface area contributed by atoms with Crippen molar-refractivity contribution < 1.29 is 0 Å². The second-order valence-electron chi connectivity index (χ2n) is 3.70. The summed E-state index contributed by atoms with van der Waals surface area (Å²) >= 11 is 6.00. The third-order valence-corrected chi connectivity index (χ3v) is 3.07. The Morgan fingerprint density at radius 2 is 1.70 bits per heavy atom. The smallest absolute Gasteiger partial charge is 0.0336 e. The average molecular weight is 161 g/mol. The molecule has 10 heavy (non-hydrogen) atoms. The molecule has 0 nitrogen and oxygen atoms in total. The van der Waals surface area contributed by atoms with Crippen molar-refractivity contribution in [2.45, 2.75) is 44.9 Å². The lowest BCUT2D eigenvalue weighted by atomic mass is 9.82. The highest BCUT2D eigenvalue weighted by atomic mass is 35.5. The topological polar surface area (TPSA) is 0 Å². The first kappa shape index (κ1) is 8.39. The maximum absolute atomic E-state index is 6.00. The quantitative estimate of drug-likeness (QED) is 0.516. The molecule has 0 spiro atoms. The van der Waals surface area contributed by atoms with Crippen LogP contribution in [0, 0.1) is 11.8 Å². The van der Waals surface area contributed by atoms with Gasteiger partial charge in [-0.1, -0.05) is 19.8 Å². The molecule has 1 saturated carbocycles. The van der Waals surface area contributed by atoms with Crippen LogP contribution < -0.4 is 0 Å². The van der Waals surface area contributed by atoms with Crippen molar-refractivity contribution in [2.75, 3.05) is 0 Å². The Morgan fingerprint density at radius 3 is 2.10 bits per heavy atom. The number of hydrogen-bond donors (Lipinski definition) is 0. The van der Waals surface area contributed by atoms with Gasteiger partial charge in [0, 0.05) is 5.38 Å². The van der Waals surface area contributed by atoms with Gasteiger partial charge in [-0.3, -0.25) is 0 Å². The predicted molar refractivity (Wildman–Crippen MR) is 46.4 cm³/mol. The molecule has 1 aliphatic rings. The highest BCUT2D eigenvalue weighted by Gasteiger charge is 2.21. The number of rotatable bonds is 1. The number of halogens is 1. The molecule has 1 fully saturated rings. The van der Waals surface area contributed by atoms with Crippen molar-refractivity contribution in [3.8, 4) is 0 Å². The van der Waals surface area contributed by atoms with Crippen LogP contribution in [0.5, 0.6) is 0 Å². The van der Waals surface area contributed by atoms with Crippen LogP contribution in [0.4, 0.5) is 0 Å². The van der Waals surface area contributed by atoms with Gasteiger partial charge in [-0.25, -0.2) is 0 Å². The van der Waals surface area contributed by atoms with E-state index in [0.29, 0.717) is 5.38 Å². The first-order valence-electron chi connectivity index (χ1n) is 4.34. The predicted octanol–water partition coefficient (Wildman–Crippen LogP) is 3.44. The Labute approximate surface area is 69.0 Å². The Hall–Kier alpha value is 0.290. The molecule has 1 unspecified atom stereocenters. The Morgan fingerprint density at radius 1 is 1.20 bits per heavy atom. The average Bonchev–Trinajstić information content (AvgIpc) is 1.88. The summed E-state index contributed by atoms with van der Waals surface area (Å²) in [5.74, 6) is 1.75. The van der Waals surface area contributed by atoms with Gasteiger partial charge in [-0.2, -0.15) is 0 Å². The highest BCUT2D eigenvalue weighted by molar-refractivity contribution is 6.20. The molecule has 1 atom stereocenters. The standard InChI is InChI=1S/C9H17Cl/c1-7-3-5-9(6-4-7)8(2)10/h7-9H,3-6H2,1-2H3. The molecule has 1 rings (SSSR count). The summed E-state index contributed by atoms with van der Waals surface area (Å²) in [6.07, 6.45) is 5.49. The fourth-order valence-corrected chi connectivity index (χ4v) is 2.00. The van der Waals surface area contributed by atoms with Crippen LogP contribution in [0.25, 0.3) is 0 Å². The van der Waals surface area contributed by atoms with Crippen molar-refractivity contribution in [2.24, 2.45) is 11.8 Å². The van der Waals surface area contributed by atoms with Gasteiger partial charge >= 0.3 is 0 Å². The molecule has 0 bridgehead atoms. The zero-order chi connectivity index (χ0) is 7.56. The van der Waals surface area contributed by atoms with Crippen LogP contribution in [0.2, 0.25) is 0 Å². The third kappa shape index (κ3) is 2.16. The molecule has 60 valence electrons. The Kier molecular flexibility index (Phi) is 3.03. The van der Waals surface area contributed by atoms with Crippen molar-refractivity contribution in [1.29, 1.82) is 0 Å². The van der Waals surface area contributed by atoms with E-state index in [0.717, 1.165) is 11.8 Å². The summed E-state index contributed by atoms with van der Waals surface area (Å²) in [5.41, 5.74) is 0. The molecule has 0 amide bonds. The van der Waals surface area contributed by atoms with Crippen molar-refractivity contribution >= 4 is 11.6 Å². The van der Waals surface area contributed by atoms with Gasteiger partial charge in [0.15, 0.2) is 0 Å². The lowest BCUT2D eigenvalue weighted by Crippen LogP contribution is -2.18. The van der Waals surface area contributed by atoms with Crippen LogP contribution in [0.3, 0.4) is 0 Å². The molecule has 0 aromatic carbocycles. The summed E-state index contributed by atoms with van der Waals surface area (Å²) in [5, 5.41) is 0.396. The monoisotopic (exact) mass is 160 g/mol. The summed E-state index contributed by atoms with van der Waals surface area (Å²) in [7, 11) is 0. The van der Waals surface area contributed by atoms with Crippen molar-refractivity contribution in [3.63, 3.8) is 0 Å². The molecule has 0 aromatic heterocycles. The minimum absolute atomic E-state index is 0.396. The van der Waals surface area contributed by atoms with E-state index in [1.54, 1.807) is 0 Å². The SMILES string of the molecule is CC1CCC(C(C)Cl)CC1. The highest BCUT2D eigenvalue weighted by Crippen LogP contribution is 2.31. The zero-order valence-corrected chi connectivity index (χ0v) is 7.69. The van der Waals surface area contributed by atoms with Gasteiger partial charge in [-0.05, 0) is 31.6 Å². The summed E-state index contributed by atoms with van der Waals surface area (Å²) in [6.45, 7) is 4.47. The van der Waals surface area contributed by atoms with Gasteiger partial charge in [-0.15, -0.1) is 11.6 Å². The van der Waals surface area contributed by atoms with Crippen LogP contribution >= 0.6 is 11.6 Å². The van der Waals surface area contributed by atoms with E-state index < -0.39 is 0 Å². The summed E-state index contributed by atoms with van der Waals surface area (Å²) in [6, 6.07) is 0. The molecule has 1 aliphatic carbocycles. The normalized spacial score (nSPS) is 37.5. The van der Waals surface area contributed by atoms with Crippen LogP contribution in [-0.2, 0) is 0 Å². The van der Waals surface area contributed by atoms with Gasteiger partial charge in [0.1, 0.15) is 0 Å². The van der Waals surface area contributed by atoms with Crippen LogP contribution in [-0.4, -0.2) is 5.38 Å². The van der Waals surface area contributed by atoms with E-state index in [2.05, 4.69) is 13.8 Å². The van der Waals surface area contributed by atoms with E-state index in [1.807, 2.05) is 0 Å². The van der Waals surface area contributed by atoms with E-state index in [4.69, 9.17) is 11.6 Å². The number of alkyl halides is 1. The molecule has 0 aliphatic heterocycles. The molecular formula is C9H17Cl. The molecule has 0 aromatic rings. The van der Waals surface area contributed by atoms with Crippen molar-refractivity contribution in [3.05, 3.63) is 0 Å². The first-order chi connectivity index (χ1) is 4.70. The molecule has 0 N–H and O–H groups in total. The van der Waals surface area contributed by atoms with E-state index in [-0.39, 0.29) is 0 Å². The third-order valence-electron chi connectivity index (χ3n) is 2.71. The minimum Gasteiger partial charge on any atom is -0.123 e. The summed E-state index contributed by atoms with van der Waals surface area (Å²) in [4.78, 5) is 0. The van der Waals surface area contributed by atoms with E-state index >= 15 is 0 Å². The fourth-order valence-electron chi connectivity index (χ4n) is 1.75.